The third kappa shape index (κ3) is 2.36. The number of benzene rings is 1. The number of nitrogens with zero attached hydrogens (tertiary/aromatic N) is 3. The van der Waals surface area contributed by atoms with Crippen LogP contribution in [0.15, 0.2) is 24.5 Å². The van der Waals surface area contributed by atoms with Gasteiger partial charge in [-0.25, -0.2) is 4.98 Å². The van der Waals surface area contributed by atoms with Crippen LogP contribution in [0.2, 0.25) is 0 Å². The lowest BCUT2D eigenvalue weighted by atomic mass is 10.1. The van der Waals surface area contributed by atoms with Crippen molar-refractivity contribution >= 4 is 16.8 Å². The fraction of sp³-hybridized carbons (Fsp3) is 0.312. The zero-order valence-corrected chi connectivity index (χ0v) is 13.1. The maximum absolute atomic E-state index is 12.4. The molecular weight excluding hydrogens is 278 g/mol. The number of aromatic nitrogens is 4. The molecule has 114 valence electrons. The Morgan fingerprint density at radius 3 is 2.82 bits per heavy atom. The number of nitrogens with one attached hydrogen (secondary N) is 2. The molecule has 2 heterocycles. The monoisotopic (exact) mass is 297 g/mol. The first-order chi connectivity index (χ1) is 10.5. The Morgan fingerprint density at radius 1 is 1.36 bits per heavy atom. The standard InChI is InChI=1S/C16H19N5O/c1-9-10(2)19-14-6-5-12(7-13(9)14)16(22)20-11(3)15-17-8-18-21(15)4/h5-8,11,19H,1-4H3,(H,20,22). The van der Waals surface area contributed by atoms with Crippen molar-refractivity contribution in [3.63, 3.8) is 0 Å². The normalized spacial score (nSPS) is 12.5. The van der Waals surface area contributed by atoms with Crippen molar-refractivity contribution in [1.29, 1.82) is 0 Å². The summed E-state index contributed by atoms with van der Waals surface area (Å²) in [4.78, 5) is 19.9. The number of carbonyl (C=O) groups excluding carboxylic acids is 1. The summed E-state index contributed by atoms with van der Waals surface area (Å²) in [5, 5.41) is 8.06. The molecule has 0 aliphatic rings. The van der Waals surface area contributed by atoms with Gasteiger partial charge >= 0.3 is 0 Å². The summed E-state index contributed by atoms with van der Waals surface area (Å²) in [5.41, 5.74) is 3.99. The van der Waals surface area contributed by atoms with Crippen LogP contribution in [0.4, 0.5) is 0 Å². The molecule has 1 atom stereocenters. The predicted octanol–water partition coefficient (Wildman–Crippen LogP) is 2.40. The first-order valence-electron chi connectivity index (χ1n) is 7.21. The van der Waals surface area contributed by atoms with Gasteiger partial charge < -0.3 is 10.3 Å². The highest BCUT2D eigenvalue weighted by Crippen LogP contribution is 2.22. The second-order valence-corrected chi connectivity index (χ2v) is 5.57. The highest BCUT2D eigenvalue weighted by Gasteiger charge is 2.16. The number of rotatable bonds is 3. The van der Waals surface area contributed by atoms with Gasteiger partial charge in [0.05, 0.1) is 6.04 Å². The van der Waals surface area contributed by atoms with Crippen LogP contribution >= 0.6 is 0 Å². The van der Waals surface area contributed by atoms with E-state index >= 15 is 0 Å². The molecule has 2 N–H and O–H groups in total. The van der Waals surface area contributed by atoms with E-state index < -0.39 is 0 Å². The summed E-state index contributed by atoms with van der Waals surface area (Å²) in [6, 6.07) is 5.49. The molecule has 0 aliphatic heterocycles. The van der Waals surface area contributed by atoms with E-state index in [2.05, 4.69) is 27.3 Å². The van der Waals surface area contributed by atoms with E-state index in [-0.39, 0.29) is 11.9 Å². The molecule has 0 radical (unpaired) electrons. The molecule has 6 heteroatoms. The van der Waals surface area contributed by atoms with Crippen LogP contribution in [0.3, 0.4) is 0 Å². The summed E-state index contributed by atoms with van der Waals surface area (Å²) in [5.74, 6) is 0.610. The van der Waals surface area contributed by atoms with Gasteiger partial charge in [-0.15, -0.1) is 0 Å². The van der Waals surface area contributed by atoms with E-state index in [0.29, 0.717) is 5.56 Å². The molecule has 6 nitrogen and oxygen atoms in total. The van der Waals surface area contributed by atoms with Crippen LogP contribution in [0.1, 0.15) is 40.4 Å². The number of H-pyrrole nitrogens is 1. The molecular formula is C16H19N5O. The summed E-state index contributed by atoms with van der Waals surface area (Å²) < 4.78 is 1.66. The molecule has 0 fully saturated rings. The SMILES string of the molecule is Cc1[nH]c2ccc(C(=O)NC(C)c3ncnn3C)cc2c1C. The molecule has 0 saturated carbocycles. The Balaban J connectivity index is 1.86. The van der Waals surface area contributed by atoms with E-state index in [1.807, 2.05) is 39.1 Å². The number of fused-ring (bicyclic) bond motifs is 1. The van der Waals surface area contributed by atoms with Crippen molar-refractivity contribution in [2.75, 3.05) is 0 Å². The Morgan fingerprint density at radius 2 is 2.14 bits per heavy atom. The Bertz CT molecular complexity index is 845. The van der Waals surface area contributed by atoms with Crippen molar-refractivity contribution in [3.8, 4) is 0 Å². The lowest BCUT2D eigenvalue weighted by Gasteiger charge is -2.13. The fourth-order valence-corrected chi connectivity index (χ4v) is 2.64. The number of hydrogen-bond acceptors (Lipinski definition) is 3. The maximum atomic E-state index is 12.4. The summed E-state index contributed by atoms with van der Waals surface area (Å²) >= 11 is 0. The van der Waals surface area contributed by atoms with E-state index in [4.69, 9.17) is 0 Å². The van der Waals surface area contributed by atoms with Gasteiger partial charge in [-0.3, -0.25) is 9.48 Å². The highest BCUT2D eigenvalue weighted by atomic mass is 16.1. The Kier molecular flexibility index (Phi) is 3.44. The van der Waals surface area contributed by atoms with E-state index in [1.54, 1.807) is 4.68 Å². The first-order valence-corrected chi connectivity index (χ1v) is 7.21. The number of aromatic amines is 1. The van der Waals surface area contributed by atoms with Gasteiger partial charge in [-0.2, -0.15) is 5.10 Å². The van der Waals surface area contributed by atoms with Gasteiger partial charge in [0, 0.05) is 29.2 Å². The van der Waals surface area contributed by atoms with Crippen molar-refractivity contribution in [2.24, 2.45) is 7.05 Å². The number of hydrogen-bond donors (Lipinski definition) is 2. The van der Waals surface area contributed by atoms with Gasteiger partial charge in [0.15, 0.2) is 0 Å². The largest absolute Gasteiger partial charge is 0.358 e. The van der Waals surface area contributed by atoms with Gasteiger partial charge in [0.2, 0.25) is 0 Å². The number of carbonyl (C=O) groups is 1. The van der Waals surface area contributed by atoms with Crippen LogP contribution in [0.25, 0.3) is 10.9 Å². The number of aryl methyl sites for hydroxylation is 3. The molecule has 3 rings (SSSR count). The van der Waals surface area contributed by atoms with Crippen molar-refractivity contribution in [3.05, 3.63) is 47.2 Å². The van der Waals surface area contributed by atoms with E-state index in [1.165, 1.54) is 11.9 Å². The molecule has 1 aromatic carbocycles. The molecule has 1 amide bonds. The minimum absolute atomic E-state index is 0.115. The van der Waals surface area contributed by atoms with Crippen molar-refractivity contribution in [1.82, 2.24) is 25.1 Å². The molecule has 0 saturated heterocycles. The molecule has 22 heavy (non-hydrogen) atoms. The van der Waals surface area contributed by atoms with Crippen LogP contribution in [-0.4, -0.2) is 25.7 Å². The summed E-state index contributed by atoms with van der Waals surface area (Å²) in [6.07, 6.45) is 1.48. The average molecular weight is 297 g/mol. The second kappa shape index (κ2) is 5.29. The van der Waals surface area contributed by atoms with Crippen LogP contribution < -0.4 is 5.32 Å². The minimum Gasteiger partial charge on any atom is -0.358 e. The lowest BCUT2D eigenvalue weighted by Crippen LogP contribution is -2.28. The van der Waals surface area contributed by atoms with Crippen LogP contribution in [0.5, 0.6) is 0 Å². The van der Waals surface area contributed by atoms with Crippen molar-refractivity contribution in [2.45, 2.75) is 26.8 Å². The third-order valence-electron chi connectivity index (χ3n) is 4.05. The van der Waals surface area contributed by atoms with Gasteiger partial charge in [0.1, 0.15) is 12.2 Å². The molecule has 1 unspecified atom stereocenters. The van der Waals surface area contributed by atoms with Crippen molar-refractivity contribution < 1.29 is 4.79 Å². The first kappa shape index (κ1) is 14.3. The molecule has 0 aliphatic carbocycles. The second-order valence-electron chi connectivity index (χ2n) is 5.57. The number of amides is 1. The highest BCUT2D eigenvalue weighted by molar-refractivity contribution is 5.99. The maximum Gasteiger partial charge on any atom is 0.251 e. The van der Waals surface area contributed by atoms with Gasteiger partial charge in [-0.1, -0.05) is 0 Å². The molecule has 0 bridgehead atoms. The topological polar surface area (TPSA) is 75.6 Å². The fourth-order valence-electron chi connectivity index (χ4n) is 2.64. The third-order valence-corrected chi connectivity index (χ3v) is 4.05. The smallest absolute Gasteiger partial charge is 0.251 e. The Hall–Kier alpha value is -2.63. The minimum atomic E-state index is -0.204. The van der Waals surface area contributed by atoms with E-state index in [0.717, 1.165) is 22.4 Å². The average Bonchev–Trinajstić information content (AvgIpc) is 3.03. The molecule has 2 aromatic heterocycles. The zero-order chi connectivity index (χ0) is 15.9. The van der Waals surface area contributed by atoms with E-state index in [9.17, 15) is 4.79 Å². The molecule has 3 aromatic rings. The van der Waals surface area contributed by atoms with Gasteiger partial charge in [-0.05, 0) is 44.5 Å². The quantitative estimate of drug-likeness (QED) is 0.779. The Labute approximate surface area is 128 Å². The summed E-state index contributed by atoms with van der Waals surface area (Å²) in [7, 11) is 1.81. The molecule has 0 spiro atoms. The van der Waals surface area contributed by atoms with Crippen LogP contribution in [0, 0.1) is 13.8 Å². The predicted molar refractivity (Wildman–Crippen MR) is 84.7 cm³/mol. The zero-order valence-electron chi connectivity index (χ0n) is 13.1. The summed E-state index contributed by atoms with van der Waals surface area (Å²) in [6.45, 7) is 5.98. The van der Waals surface area contributed by atoms with Crippen LogP contribution in [-0.2, 0) is 7.05 Å². The lowest BCUT2D eigenvalue weighted by molar-refractivity contribution is 0.0938. The van der Waals surface area contributed by atoms with Gasteiger partial charge in [0.25, 0.3) is 5.91 Å².